The number of aromatic carboxylic acids is 1. The minimum atomic E-state index is -1.31. The molecule has 1 fully saturated rings. The third-order valence-corrected chi connectivity index (χ3v) is 3.43. The van der Waals surface area contributed by atoms with E-state index in [1.165, 1.54) is 16.7 Å². The van der Waals surface area contributed by atoms with Gasteiger partial charge < -0.3 is 5.11 Å². The van der Waals surface area contributed by atoms with Gasteiger partial charge in [0.25, 0.3) is 0 Å². The quantitative estimate of drug-likeness (QED) is 0.927. The lowest BCUT2D eigenvalue weighted by atomic mass is 10.1. The second-order valence-electron chi connectivity index (χ2n) is 4.97. The van der Waals surface area contributed by atoms with Gasteiger partial charge >= 0.3 is 11.7 Å². The second-order valence-corrected chi connectivity index (χ2v) is 4.97. The molecular weight excluding hydrogens is 263 g/mol. The molecule has 1 saturated carbocycles. The van der Waals surface area contributed by atoms with Crippen LogP contribution in [-0.4, -0.2) is 20.2 Å². The Bertz CT molecular complexity index is 728. The fourth-order valence-electron chi connectivity index (χ4n) is 2.21. The molecule has 104 valence electrons. The van der Waals surface area contributed by atoms with Gasteiger partial charge in [0.15, 0.2) is 0 Å². The Kier molecular flexibility index (Phi) is 2.93. The summed E-state index contributed by atoms with van der Waals surface area (Å²) in [5.41, 5.74) is 0.0883. The second kappa shape index (κ2) is 4.63. The van der Waals surface area contributed by atoms with Crippen LogP contribution in [0.1, 0.15) is 34.8 Å². The van der Waals surface area contributed by atoms with Crippen molar-refractivity contribution in [3.05, 3.63) is 58.0 Å². The van der Waals surface area contributed by atoms with E-state index >= 15 is 0 Å². The number of imidazole rings is 1. The van der Waals surface area contributed by atoms with Gasteiger partial charge in [-0.25, -0.2) is 14.0 Å². The highest BCUT2D eigenvalue weighted by molar-refractivity contribution is 5.88. The molecule has 0 atom stereocenters. The van der Waals surface area contributed by atoms with Gasteiger partial charge in [-0.3, -0.25) is 9.13 Å². The van der Waals surface area contributed by atoms with Crippen molar-refractivity contribution in [3.63, 3.8) is 0 Å². The van der Waals surface area contributed by atoms with Gasteiger partial charge in [0.1, 0.15) is 5.82 Å². The predicted octanol–water partition coefficient (Wildman–Crippen LogP) is 1.87. The summed E-state index contributed by atoms with van der Waals surface area (Å²) >= 11 is 0. The summed E-state index contributed by atoms with van der Waals surface area (Å²) in [6, 6.07) is 4.16. The van der Waals surface area contributed by atoms with Crippen molar-refractivity contribution in [2.75, 3.05) is 0 Å². The number of halogens is 1. The molecule has 1 heterocycles. The monoisotopic (exact) mass is 276 g/mol. The van der Waals surface area contributed by atoms with Crippen molar-refractivity contribution in [1.82, 2.24) is 9.13 Å². The Morgan fingerprint density at radius 3 is 2.75 bits per heavy atom. The number of rotatable bonds is 4. The van der Waals surface area contributed by atoms with E-state index in [4.69, 9.17) is 5.11 Å². The Balaban J connectivity index is 1.89. The summed E-state index contributed by atoms with van der Waals surface area (Å²) in [6.45, 7) is 0.235. The van der Waals surface area contributed by atoms with Crippen LogP contribution < -0.4 is 5.69 Å². The molecule has 1 aliphatic carbocycles. The molecule has 1 N–H and O–H groups in total. The summed E-state index contributed by atoms with van der Waals surface area (Å²) < 4.78 is 16.5. The molecule has 0 radical (unpaired) electrons. The highest BCUT2D eigenvalue weighted by Gasteiger charge is 2.25. The summed E-state index contributed by atoms with van der Waals surface area (Å²) in [5.74, 6) is -2.09. The molecule has 6 heteroatoms. The van der Waals surface area contributed by atoms with Crippen molar-refractivity contribution in [1.29, 1.82) is 0 Å². The fraction of sp³-hybridized carbons (Fsp3) is 0.286. The van der Waals surface area contributed by atoms with Crippen LogP contribution in [-0.2, 0) is 6.54 Å². The van der Waals surface area contributed by atoms with Gasteiger partial charge in [0.2, 0.25) is 0 Å². The fourth-order valence-corrected chi connectivity index (χ4v) is 2.21. The minimum Gasteiger partial charge on any atom is -0.478 e. The molecule has 1 aromatic heterocycles. The first-order valence-electron chi connectivity index (χ1n) is 6.35. The number of carbonyl (C=O) groups is 1. The summed E-state index contributed by atoms with van der Waals surface area (Å²) in [7, 11) is 0. The van der Waals surface area contributed by atoms with Crippen LogP contribution in [0.5, 0.6) is 0 Å². The van der Waals surface area contributed by atoms with E-state index < -0.39 is 11.8 Å². The van der Waals surface area contributed by atoms with E-state index in [0.717, 1.165) is 18.9 Å². The first-order valence-corrected chi connectivity index (χ1v) is 6.35. The maximum absolute atomic E-state index is 13.3. The standard InChI is InChI=1S/C14H13FN2O3/c15-12-4-1-9(7-11(12)13(18)19)8-16-5-6-17(14(16)20)10-2-3-10/h1,4-7,10H,2-3,8H2,(H,18,19). The maximum atomic E-state index is 13.3. The van der Waals surface area contributed by atoms with Gasteiger partial charge in [-0.05, 0) is 30.5 Å². The highest BCUT2D eigenvalue weighted by atomic mass is 19.1. The van der Waals surface area contributed by atoms with Crippen LogP contribution in [0, 0.1) is 5.82 Å². The van der Waals surface area contributed by atoms with Crippen LogP contribution in [0.4, 0.5) is 4.39 Å². The van der Waals surface area contributed by atoms with Crippen LogP contribution in [0.15, 0.2) is 35.4 Å². The summed E-state index contributed by atoms with van der Waals surface area (Å²) in [6.07, 6.45) is 5.44. The average molecular weight is 276 g/mol. The van der Waals surface area contributed by atoms with Crippen molar-refractivity contribution in [2.24, 2.45) is 0 Å². The molecule has 3 rings (SSSR count). The van der Waals surface area contributed by atoms with Gasteiger partial charge in [0, 0.05) is 18.4 Å². The Morgan fingerprint density at radius 2 is 2.10 bits per heavy atom. The smallest absolute Gasteiger partial charge is 0.338 e. The van der Waals surface area contributed by atoms with Crippen LogP contribution in [0.25, 0.3) is 0 Å². The number of hydrogen-bond acceptors (Lipinski definition) is 2. The molecule has 0 amide bonds. The average Bonchev–Trinajstić information content (AvgIpc) is 3.18. The molecule has 0 saturated heterocycles. The number of hydrogen-bond donors (Lipinski definition) is 1. The van der Waals surface area contributed by atoms with E-state index in [2.05, 4.69) is 0 Å². The zero-order chi connectivity index (χ0) is 14.3. The Hall–Kier alpha value is -2.37. The van der Waals surface area contributed by atoms with Gasteiger partial charge in [-0.1, -0.05) is 6.07 Å². The van der Waals surface area contributed by atoms with E-state index in [9.17, 15) is 14.0 Å². The number of nitrogens with zero attached hydrogens (tertiary/aromatic N) is 2. The molecule has 0 bridgehead atoms. The normalized spacial score (nSPS) is 14.4. The van der Waals surface area contributed by atoms with Crippen LogP contribution in [0.2, 0.25) is 0 Å². The molecule has 0 spiro atoms. The van der Waals surface area contributed by atoms with E-state index in [1.54, 1.807) is 17.0 Å². The van der Waals surface area contributed by atoms with Crippen molar-refractivity contribution in [3.8, 4) is 0 Å². The topological polar surface area (TPSA) is 64.2 Å². The largest absolute Gasteiger partial charge is 0.478 e. The summed E-state index contributed by atoms with van der Waals surface area (Å²) in [5, 5.41) is 8.88. The molecule has 5 nitrogen and oxygen atoms in total. The minimum absolute atomic E-state index is 0.117. The van der Waals surface area contributed by atoms with E-state index in [0.29, 0.717) is 11.6 Å². The lowest BCUT2D eigenvalue weighted by molar-refractivity contribution is 0.0691. The third-order valence-electron chi connectivity index (χ3n) is 3.43. The van der Waals surface area contributed by atoms with E-state index in [-0.39, 0.29) is 17.8 Å². The lowest BCUT2D eigenvalue weighted by Crippen LogP contribution is -2.23. The SMILES string of the molecule is O=C(O)c1cc(Cn2ccn(C3CC3)c2=O)ccc1F. The predicted molar refractivity (Wildman–Crippen MR) is 69.4 cm³/mol. The van der Waals surface area contributed by atoms with Crippen molar-refractivity contribution < 1.29 is 14.3 Å². The lowest BCUT2D eigenvalue weighted by Gasteiger charge is -2.04. The molecule has 20 heavy (non-hydrogen) atoms. The third kappa shape index (κ3) is 2.24. The molecule has 0 aliphatic heterocycles. The maximum Gasteiger partial charge on any atom is 0.338 e. The molecule has 1 aliphatic rings. The van der Waals surface area contributed by atoms with Crippen molar-refractivity contribution >= 4 is 5.97 Å². The molecule has 1 aromatic carbocycles. The van der Waals surface area contributed by atoms with Gasteiger partial charge in [-0.2, -0.15) is 0 Å². The number of carboxylic acids is 1. The van der Waals surface area contributed by atoms with Crippen LogP contribution in [0.3, 0.4) is 0 Å². The Morgan fingerprint density at radius 1 is 1.35 bits per heavy atom. The molecular formula is C14H13FN2O3. The number of aromatic nitrogens is 2. The molecule has 0 unspecified atom stereocenters. The Labute approximate surface area is 113 Å². The first kappa shape index (κ1) is 12.7. The number of benzene rings is 1. The van der Waals surface area contributed by atoms with E-state index in [1.807, 2.05) is 0 Å². The highest BCUT2D eigenvalue weighted by Crippen LogP contribution is 2.33. The zero-order valence-corrected chi connectivity index (χ0v) is 10.6. The number of carboxylic acid groups (broad SMARTS) is 1. The first-order chi connectivity index (χ1) is 9.56. The summed E-state index contributed by atoms with van der Waals surface area (Å²) in [4.78, 5) is 23.0. The van der Waals surface area contributed by atoms with Gasteiger partial charge in [-0.15, -0.1) is 0 Å². The van der Waals surface area contributed by atoms with Crippen LogP contribution >= 0.6 is 0 Å². The van der Waals surface area contributed by atoms with Gasteiger partial charge in [0.05, 0.1) is 12.1 Å². The zero-order valence-electron chi connectivity index (χ0n) is 10.6. The van der Waals surface area contributed by atoms with Crippen molar-refractivity contribution in [2.45, 2.75) is 25.4 Å². The molecule has 2 aromatic rings.